The molecule has 2 rings (SSSR count). The van der Waals surface area contributed by atoms with Gasteiger partial charge in [0, 0.05) is 35.3 Å². The molecule has 4 nitrogen and oxygen atoms in total. The predicted molar refractivity (Wildman–Crippen MR) is 80.1 cm³/mol. The number of halogens is 2. The molecule has 0 aliphatic rings. The van der Waals surface area contributed by atoms with Crippen LogP contribution in [0.4, 0.5) is 5.69 Å². The van der Waals surface area contributed by atoms with Gasteiger partial charge in [-0.1, -0.05) is 41.4 Å². The summed E-state index contributed by atoms with van der Waals surface area (Å²) in [6.45, 7) is 1.21. The maximum absolute atomic E-state index is 10.5. The highest BCUT2D eigenvalue weighted by molar-refractivity contribution is 6.35. The van der Waals surface area contributed by atoms with E-state index in [0.29, 0.717) is 23.1 Å². The third-order valence-corrected chi connectivity index (χ3v) is 3.39. The Morgan fingerprint density at radius 3 is 2.35 bits per heavy atom. The predicted octanol–water partition coefficient (Wildman–Crippen LogP) is 4.19. The third-order valence-electron chi connectivity index (χ3n) is 2.81. The molecule has 6 heteroatoms. The summed E-state index contributed by atoms with van der Waals surface area (Å²) in [6.07, 6.45) is 0. The van der Waals surface area contributed by atoms with Crippen molar-refractivity contribution in [3.05, 3.63) is 73.8 Å². The molecule has 0 heterocycles. The quantitative estimate of drug-likeness (QED) is 0.665. The molecule has 20 heavy (non-hydrogen) atoms. The maximum Gasteiger partial charge on any atom is 0.269 e. The SMILES string of the molecule is O=[N+]([O-])c1ccc(CNCc2ccc(Cl)cc2Cl)cc1. The average Bonchev–Trinajstić information content (AvgIpc) is 2.42. The van der Waals surface area contributed by atoms with Crippen LogP contribution in [0.1, 0.15) is 11.1 Å². The first-order valence-corrected chi connectivity index (χ1v) is 6.70. The third kappa shape index (κ3) is 3.93. The van der Waals surface area contributed by atoms with Gasteiger partial charge in [0.25, 0.3) is 5.69 Å². The Labute approximate surface area is 126 Å². The summed E-state index contributed by atoms with van der Waals surface area (Å²) in [5.41, 5.74) is 2.02. The molecule has 0 aromatic heterocycles. The lowest BCUT2D eigenvalue weighted by Gasteiger charge is -2.07. The standard InChI is InChI=1S/C14H12Cl2N2O2/c15-12-4-3-11(14(16)7-12)9-17-8-10-1-5-13(6-2-10)18(19)20/h1-7,17H,8-9H2. The minimum atomic E-state index is -0.412. The fourth-order valence-electron chi connectivity index (χ4n) is 1.74. The van der Waals surface area contributed by atoms with Crippen molar-refractivity contribution in [2.75, 3.05) is 0 Å². The van der Waals surface area contributed by atoms with Crippen molar-refractivity contribution in [1.29, 1.82) is 0 Å². The van der Waals surface area contributed by atoms with Crippen LogP contribution in [-0.2, 0) is 13.1 Å². The molecule has 104 valence electrons. The summed E-state index contributed by atoms with van der Waals surface area (Å²) in [6, 6.07) is 11.8. The fraction of sp³-hybridized carbons (Fsp3) is 0.143. The maximum atomic E-state index is 10.5. The monoisotopic (exact) mass is 310 g/mol. The Kier molecular flexibility index (Phi) is 4.95. The van der Waals surface area contributed by atoms with Crippen LogP contribution in [0, 0.1) is 10.1 Å². The van der Waals surface area contributed by atoms with Gasteiger partial charge in [-0.15, -0.1) is 0 Å². The second-order valence-corrected chi connectivity index (χ2v) is 5.11. The van der Waals surface area contributed by atoms with Crippen molar-refractivity contribution in [2.24, 2.45) is 0 Å². The molecule has 0 amide bonds. The molecule has 2 aromatic carbocycles. The van der Waals surface area contributed by atoms with Crippen LogP contribution in [0.25, 0.3) is 0 Å². The van der Waals surface area contributed by atoms with Crippen molar-refractivity contribution in [2.45, 2.75) is 13.1 Å². The molecule has 0 atom stereocenters. The number of nitro benzene ring substituents is 1. The first-order valence-electron chi connectivity index (χ1n) is 5.94. The van der Waals surface area contributed by atoms with Gasteiger partial charge in [-0.3, -0.25) is 10.1 Å². The van der Waals surface area contributed by atoms with Crippen LogP contribution in [0.3, 0.4) is 0 Å². The van der Waals surface area contributed by atoms with Crippen LogP contribution in [0.15, 0.2) is 42.5 Å². The highest BCUT2D eigenvalue weighted by atomic mass is 35.5. The highest BCUT2D eigenvalue weighted by Gasteiger charge is 2.04. The van der Waals surface area contributed by atoms with Gasteiger partial charge < -0.3 is 5.32 Å². The van der Waals surface area contributed by atoms with E-state index in [1.54, 1.807) is 24.3 Å². The number of nitro groups is 1. The molecule has 0 saturated carbocycles. The summed E-state index contributed by atoms with van der Waals surface area (Å²) in [7, 11) is 0. The van der Waals surface area contributed by atoms with Crippen LogP contribution >= 0.6 is 23.2 Å². The van der Waals surface area contributed by atoms with E-state index in [1.807, 2.05) is 6.07 Å². The second kappa shape index (κ2) is 6.70. The average molecular weight is 311 g/mol. The van der Waals surface area contributed by atoms with Gasteiger partial charge in [-0.05, 0) is 23.3 Å². The van der Waals surface area contributed by atoms with Gasteiger partial charge in [0.05, 0.1) is 4.92 Å². The molecule has 0 bridgehead atoms. The summed E-state index contributed by atoms with van der Waals surface area (Å²) >= 11 is 11.9. The Morgan fingerprint density at radius 1 is 1.05 bits per heavy atom. The number of rotatable bonds is 5. The van der Waals surface area contributed by atoms with Crippen LogP contribution in [-0.4, -0.2) is 4.92 Å². The molecule has 0 aliphatic heterocycles. The van der Waals surface area contributed by atoms with E-state index >= 15 is 0 Å². The lowest BCUT2D eigenvalue weighted by Crippen LogP contribution is -2.12. The Hall–Kier alpha value is -1.62. The largest absolute Gasteiger partial charge is 0.309 e. The van der Waals surface area contributed by atoms with E-state index in [-0.39, 0.29) is 5.69 Å². The molecule has 1 N–H and O–H groups in total. The summed E-state index contributed by atoms with van der Waals surface area (Å²) in [4.78, 5) is 10.1. The minimum Gasteiger partial charge on any atom is -0.309 e. The number of benzene rings is 2. The lowest BCUT2D eigenvalue weighted by atomic mass is 10.2. The first kappa shape index (κ1) is 14.8. The smallest absolute Gasteiger partial charge is 0.269 e. The number of non-ortho nitro benzene ring substituents is 1. The van der Waals surface area contributed by atoms with E-state index in [2.05, 4.69) is 5.32 Å². The van der Waals surface area contributed by atoms with Gasteiger partial charge in [0.1, 0.15) is 0 Å². The van der Waals surface area contributed by atoms with Gasteiger partial charge in [0.2, 0.25) is 0 Å². The number of nitrogens with zero attached hydrogens (tertiary/aromatic N) is 1. The van der Waals surface area contributed by atoms with Crippen molar-refractivity contribution in [3.8, 4) is 0 Å². The van der Waals surface area contributed by atoms with Crippen LogP contribution in [0.5, 0.6) is 0 Å². The molecular weight excluding hydrogens is 299 g/mol. The Balaban J connectivity index is 1.91. The highest BCUT2D eigenvalue weighted by Crippen LogP contribution is 2.20. The normalized spacial score (nSPS) is 10.5. The first-order chi connectivity index (χ1) is 9.56. The van der Waals surface area contributed by atoms with Crippen molar-refractivity contribution < 1.29 is 4.92 Å². The zero-order valence-electron chi connectivity index (χ0n) is 10.5. The zero-order chi connectivity index (χ0) is 14.5. The van der Waals surface area contributed by atoms with E-state index < -0.39 is 4.92 Å². The number of hydrogen-bond donors (Lipinski definition) is 1. The Bertz CT molecular complexity index is 615. The van der Waals surface area contributed by atoms with Gasteiger partial charge in [-0.2, -0.15) is 0 Å². The molecular formula is C14H12Cl2N2O2. The summed E-state index contributed by atoms with van der Waals surface area (Å²) < 4.78 is 0. The molecule has 2 aromatic rings. The summed E-state index contributed by atoms with van der Waals surface area (Å²) in [5.74, 6) is 0. The molecule has 0 saturated heterocycles. The Morgan fingerprint density at radius 2 is 1.75 bits per heavy atom. The minimum absolute atomic E-state index is 0.0921. The van der Waals surface area contributed by atoms with Crippen LogP contribution in [0.2, 0.25) is 10.0 Å². The summed E-state index contributed by atoms with van der Waals surface area (Å²) in [5, 5.41) is 15.0. The van der Waals surface area contributed by atoms with Gasteiger partial charge in [0.15, 0.2) is 0 Å². The number of hydrogen-bond acceptors (Lipinski definition) is 3. The molecule has 0 aliphatic carbocycles. The van der Waals surface area contributed by atoms with Crippen LogP contribution < -0.4 is 5.32 Å². The zero-order valence-corrected chi connectivity index (χ0v) is 12.0. The molecule has 0 fully saturated rings. The van der Waals surface area contributed by atoms with Crippen molar-refractivity contribution >= 4 is 28.9 Å². The fourth-order valence-corrected chi connectivity index (χ4v) is 2.22. The number of nitrogens with one attached hydrogen (secondary N) is 1. The second-order valence-electron chi connectivity index (χ2n) is 4.26. The van der Waals surface area contributed by atoms with Crippen molar-refractivity contribution in [3.63, 3.8) is 0 Å². The van der Waals surface area contributed by atoms with Gasteiger partial charge >= 0.3 is 0 Å². The molecule has 0 radical (unpaired) electrons. The van der Waals surface area contributed by atoms with E-state index in [1.165, 1.54) is 12.1 Å². The topological polar surface area (TPSA) is 55.2 Å². The molecule has 0 spiro atoms. The molecule has 0 unspecified atom stereocenters. The van der Waals surface area contributed by atoms with E-state index in [9.17, 15) is 10.1 Å². The van der Waals surface area contributed by atoms with E-state index in [4.69, 9.17) is 23.2 Å². The van der Waals surface area contributed by atoms with Crippen molar-refractivity contribution in [1.82, 2.24) is 5.32 Å². The van der Waals surface area contributed by atoms with Gasteiger partial charge in [-0.25, -0.2) is 0 Å². The van der Waals surface area contributed by atoms with E-state index in [0.717, 1.165) is 11.1 Å². The lowest BCUT2D eigenvalue weighted by molar-refractivity contribution is -0.384.